The number of benzene rings is 2. The van der Waals surface area contributed by atoms with E-state index in [2.05, 4.69) is 5.32 Å². The fourth-order valence-corrected chi connectivity index (χ4v) is 3.60. The van der Waals surface area contributed by atoms with Crippen LogP contribution < -0.4 is 5.32 Å². The van der Waals surface area contributed by atoms with Crippen LogP contribution in [0.5, 0.6) is 0 Å². The molecule has 1 fully saturated rings. The minimum atomic E-state index is -1.13. The van der Waals surface area contributed by atoms with Crippen molar-refractivity contribution in [2.45, 2.75) is 63.9 Å². The zero-order chi connectivity index (χ0) is 25.5. The van der Waals surface area contributed by atoms with Crippen molar-refractivity contribution in [2.75, 3.05) is 13.7 Å². The lowest BCUT2D eigenvalue weighted by molar-refractivity contribution is -0.160. The first-order valence-corrected chi connectivity index (χ1v) is 11.7. The molecule has 0 radical (unpaired) electrons. The number of alkyl carbamates (subject to hydrolysis) is 1. The second-order valence-corrected chi connectivity index (χ2v) is 9.65. The standard InChI is InChI=1S/C27H34N2O6/c1-26(2,3)35-19-22(23(30)33-4)29(17-20-11-7-5-8-12-20)24(31)27(15-16-27)28-25(32)34-18-21-13-9-6-10-14-21/h5-14,22H,15-19H2,1-4H3,(H,28,32). The molecule has 1 unspecified atom stereocenters. The number of rotatable bonds is 10. The molecule has 35 heavy (non-hydrogen) atoms. The molecule has 2 aromatic carbocycles. The SMILES string of the molecule is COC(=O)C(COC(C)(C)C)N(Cc1ccccc1)C(=O)C1(NC(=O)OCc2ccccc2)CC1. The molecule has 2 amide bonds. The molecule has 2 aromatic rings. The normalized spacial score (nSPS) is 15.0. The van der Waals surface area contributed by atoms with Gasteiger partial charge in [0.15, 0.2) is 6.04 Å². The van der Waals surface area contributed by atoms with Crippen LogP contribution in [-0.4, -0.2) is 53.8 Å². The van der Waals surface area contributed by atoms with Gasteiger partial charge in [0, 0.05) is 6.54 Å². The Bertz CT molecular complexity index is 999. The molecule has 0 bridgehead atoms. The van der Waals surface area contributed by atoms with Crippen LogP contribution in [0, 0.1) is 0 Å². The first-order valence-electron chi connectivity index (χ1n) is 11.7. The van der Waals surface area contributed by atoms with E-state index in [9.17, 15) is 14.4 Å². The first-order chi connectivity index (χ1) is 16.6. The number of carbonyl (C=O) groups excluding carboxylic acids is 3. The number of amides is 2. The van der Waals surface area contributed by atoms with Crippen LogP contribution in [0.25, 0.3) is 0 Å². The third-order valence-corrected chi connectivity index (χ3v) is 5.69. The van der Waals surface area contributed by atoms with Gasteiger partial charge in [-0.1, -0.05) is 60.7 Å². The average Bonchev–Trinajstić information content (AvgIpc) is 3.62. The van der Waals surface area contributed by atoms with E-state index in [1.54, 1.807) is 0 Å². The molecule has 3 rings (SSSR count). The number of methoxy groups -OCH3 is 1. The fourth-order valence-electron chi connectivity index (χ4n) is 3.60. The van der Waals surface area contributed by atoms with E-state index in [4.69, 9.17) is 14.2 Å². The van der Waals surface area contributed by atoms with Crippen LogP contribution in [0.3, 0.4) is 0 Å². The minimum Gasteiger partial charge on any atom is -0.467 e. The molecule has 0 heterocycles. The highest BCUT2D eigenvalue weighted by molar-refractivity contribution is 5.95. The Labute approximate surface area is 206 Å². The van der Waals surface area contributed by atoms with Crippen molar-refractivity contribution in [3.05, 3.63) is 71.8 Å². The molecule has 8 nitrogen and oxygen atoms in total. The van der Waals surface area contributed by atoms with Gasteiger partial charge in [0.25, 0.3) is 0 Å². The summed E-state index contributed by atoms with van der Waals surface area (Å²) < 4.78 is 16.2. The molecule has 1 N–H and O–H groups in total. The molecule has 1 aliphatic rings. The summed E-state index contributed by atoms with van der Waals surface area (Å²) in [6, 6.07) is 17.7. The predicted molar refractivity (Wildman–Crippen MR) is 130 cm³/mol. The lowest BCUT2D eigenvalue weighted by Gasteiger charge is -2.34. The molecule has 0 aromatic heterocycles. The summed E-state index contributed by atoms with van der Waals surface area (Å²) in [5, 5.41) is 2.74. The van der Waals surface area contributed by atoms with E-state index in [0.717, 1.165) is 11.1 Å². The summed E-state index contributed by atoms with van der Waals surface area (Å²) in [6.45, 7) is 5.83. The average molecular weight is 483 g/mol. The van der Waals surface area contributed by atoms with Gasteiger partial charge in [-0.15, -0.1) is 0 Å². The van der Waals surface area contributed by atoms with Crippen molar-refractivity contribution in [3.8, 4) is 0 Å². The second-order valence-electron chi connectivity index (χ2n) is 9.65. The zero-order valence-electron chi connectivity index (χ0n) is 20.8. The molecule has 1 atom stereocenters. The second kappa shape index (κ2) is 11.4. The number of esters is 1. The van der Waals surface area contributed by atoms with E-state index < -0.39 is 29.2 Å². The Kier molecular flexibility index (Phi) is 8.51. The molecule has 0 spiro atoms. The van der Waals surface area contributed by atoms with Crippen molar-refractivity contribution >= 4 is 18.0 Å². The summed E-state index contributed by atoms with van der Waals surface area (Å²) in [4.78, 5) is 40.6. The van der Waals surface area contributed by atoms with E-state index >= 15 is 0 Å². The monoisotopic (exact) mass is 482 g/mol. The quantitative estimate of drug-likeness (QED) is 0.517. The molecular weight excluding hydrogens is 448 g/mol. The largest absolute Gasteiger partial charge is 0.467 e. The van der Waals surface area contributed by atoms with Crippen molar-refractivity contribution in [3.63, 3.8) is 0 Å². The van der Waals surface area contributed by atoms with E-state index in [-0.39, 0.29) is 25.7 Å². The van der Waals surface area contributed by atoms with E-state index in [0.29, 0.717) is 12.8 Å². The Morgan fingerprint density at radius 2 is 1.54 bits per heavy atom. The molecular formula is C27H34N2O6. The van der Waals surface area contributed by atoms with Gasteiger partial charge in [-0.3, -0.25) is 4.79 Å². The maximum Gasteiger partial charge on any atom is 0.408 e. The lowest BCUT2D eigenvalue weighted by Crippen LogP contribution is -2.57. The van der Waals surface area contributed by atoms with Crippen LogP contribution in [0.4, 0.5) is 4.79 Å². The van der Waals surface area contributed by atoms with Gasteiger partial charge in [0.2, 0.25) is 5.91 Å². The molecule has 188 valence electrons. The third kappa shape index (κ3) is 7.55. The summed E-state index contributed by atoms with van der Waals surface area (Å²) in [7, 11) is 1.28. The first kappa shape index (κ1) is 26.2. The number of ether oxygens (including phenoxy) is 3. The van der Waals surface area contributed by atoms with Crippen molar-refractivity contribution in [2.24, 2.45) is 0 Å². The van der Waals surface area contributed by atoms with Gasteiger partial charge in [0.05, 0.1) is 19.3 Å². The molecule has 8 heteroatoms. The van der Waals surface area contributed by atoms with Gasteiger partial charge in [-0.05, 0) is 44.7 Å². The van der Waals surface area contributed by atoms with Gasteiger partial charge < -0.3 is 24.4 Å². The lowest BCUT2D eigenvalue weighted by atomic mass is 10.1. The highest BCUT2D eigenvalue weighted by atomic mass is 16.5. The molecule has 1 saturated carbocycles. The Balaban J connectivity index is 1.79. The number of nitrogens with zero attached hydrogens (tertiary/aromatic N) is 1. The summed E-state index contributed by atoms with van der Waals surface area (Å²) in [6.07, 6.45) is 0.219. The minimum absolute atomic E-state index is 0.0384. The van der Waals surface area contributed by atoms with Crippen LogP contribution >= 0.6 is 0 Å². The fraction of sp³-hybridized carbons (Fsp3) is 0.444. The van der Waals surface area contributed by atoms with Crippen LogP contribution in [0.1, 0.15) is 44.7 Å². The van der Waals surface area contributed by atoms with Crippen molar-refractivity contribution in [1.29, 1.82) is 0 Å². The van der Waals surface area contributed by atoms with Gasteiger partial charge in [-0.2, -0.15) is 0 Å². The zero-order valence-corrected chi connectivity index (χ0v) is 20.8. The number of nitrogens with one attached hydrogen (secondary N) is 1. The summed E-state index contributed by atoms with van der Waals surface area (Å²) in [5.41, 5.74) is 0.0312. The smallest absolute Gasteiger partial charge is 0.408 e. The summed E-state index contributed by atoms with van der Waals surface area (Å²) in [5.74, 6) is -0.952. The van der Waals surface area contributed by atoms with Crippen LogP contribution in [-0.2, 0) is 37.0 Å². The van der Waals surface area contributed by atoms with Crippen LogP contribution in [0.15, 0.2) is 60.7 Å². The van der Waals surface area contributed by atoms with E-state index in [1.807, 2.05) is 81.4 Å². The highest BCUT2D eigenvalue weighted by Gasteiger charge is 2.55. The Morgan fingerprint density at radius 3 is 2.06 bits per heavy atom. The summed E-state index contributed by atoms with van der Waals surface area (Å²) >= 11 is 0. The maximum absolute atomic E-state index is 13.8. The number of hydrogen-bond acceptors (Lipinski definition) is 6. The predicted octanol–water partition coefficient (Wildman–Crippen LogP) is 3.83. The number of carbonyl (C=O) groups is 3. The maximum atomic E-state index is 13.8. The molecule has 1 aliphatic carbocycles. The Morgan fingerprint density at radius 1 is 0.971 bits per heavy atom. The van der Waals surface area contributed by atoms with Crippen LogP contribution in [0.2, 0.25) is 0 Å². The van der Waals surface area contributed by atoms with E-state index in [1.165, 1.54) is 12.0 Å². The van der Waals surface area contributed by atoms with Gasteiger partial charge in [0.1, 0.15) is 12.1 Å². The number of hydrogen-bond donors (Lipinski definition) is 1. The molecule has 0 saturated heterocycles. The van der Waals surface area contributed by atoms with Gasteiger partial charge >= 0.3 is 12.1 Å². The van der Waals surface area contributed by atoms with Crippen molar-refractivity contribution < 1.29 is 28.6 Å². The Hall–Kier alpha value is -3.39. The van der Waals surface area contributed by atoms with Crippen molar-refractivity contribution in [1.82, 2.24) is 10.2 Å². The highest BCUT2D eigenvalue weighted by Crippen LogP contribution is 2.38. The molecule has 0 aliphatic heterocycles. The van der Waals surface area contributed by atoms with Gasteiger partial charge in [-0.25, -0.2) is 9.59 Å². The topological polar surface area (TPSA) is 94.2 Å². The third-order valence-electron chi connectivity index (χ3n) is 5.69.